The van der Waals surface area contributed by atoms with Gasteiger partial charge in [0.15, 0.2) is 0 Å². The highest BCUT2D eigenvalue weighted by atomic mass is 14.6. The molecule has 20 heavy (non-hydrogen) atoms. The van der Waals surface area contributed by atoms with Crippen molar-refractivity contribution in [2.75, 3.05) is 0 Å². The summed E-state index contributed by atoms with van der Waals surface area (Å²) in [6, 6.07) is 0. The van der Waals surface area contributed by atoms with E-state index in [2.05, 4.69) is 26.5 Å². The second-order valence-electron chi connectivity index (χ2n) is 8.54. The van der Waals surface area contributed by atoms with Crippen molar-refractivity contribution in [1.82, 2.24) is 0 Å². The molecule has 3 fully saturated rings. The zero-order valence-electron chi connectivity index (χ0n) is 13.3. The highest BCUT2D eigenvalue weighted by Gasteiger charge is 2.52. The van der Waals surface area contributed by atoms with Crippen molar-refractivity contribution in [3.8, 4) is 0 Å². The van der Waals surface area contributed by atoms with Gasteiger partial charge < -0.3 is 0 Å². The van der Waals surface area contributed by atoms with Gasteiger partial charge in [0.1, 0.15) is 0 Å². The van der Waals surface area contributed by atoms with Gasteiger partial charge in [-0.1, -0.05) is 37.6 Å². The third kappa shape index (κ3) is 1.72. The number of allylic oxidation sites excluding steroid dienone is 3. The topological polar surface area (TPSA) is 0 Å². The van der Waals surface area contributed by atoms with Crippen LogP contribution in [0.15, 0.2) is 23.8 Å². The van der Waals surface area contributed by atoms with Crippen molar-refractivity contribution in [3.63, 3.8) is 0 Å². The van der Waals surface area contributed by atoms with Crippen LogP contribution in [-0.4, -0.2) is 0 Å². The molecule has 0 bridgehead atoms. The van der Waals surface area contributed by atoms with Crippen LogP contribution >= 0.6 is 0 Å². The fourth-order valence-corrected chi connectivity index (χ4v) is 6.33. The van der Waals surface area contributed by atoms with Crippen molar-refractivity contribution >= 4 is 0 Å². The molecule has 0 amide bonds. The largest absolute Gasteiger partial charge is 0.0999 e. The Morgan fingerprint density at radius 3 is 2.80 bits per heavy atom. The summed E-state index contributed by atoms with van der Waals surface area (Å²) in [6.45, 7) is 9.37. The maximum atomic E-state index is 4.26. The molecule has 0 N–H and O–H groups in total. The molecule has 0 heterocycles. The molecule has 4 aliphatic rings. The molecule has 0 aromatic rings. The number of rotatable bonds is 0. The van der Waals surface area contributed by atoms with Crippen LogP contribution in [0.1, 0.15) is 65.2 Å². The van der Waals surface area contributed by atoms with Gasteiger partial charge in [0, 0.05) is 0 Å². The minimum atomic E-state index is 0.624. The Labute approximate surface area is 124 Å². The van der Waals surface area contributed by atoms with E-state index in [9.17, 15) is 0 Å². The predicted molar refractivity (Wildman–Crippen MR) is 85.4 cm³/mol. The summed E-state index contributed by atoms with van der Waals surface area (Å²) in [5.41, 5.74) is 4.06. The Bertz CT molecular complexity index is 457. The monoisotopic (exact) mass is 270 g/mol. The van der Waals surface area contributed by atoms with Gasteiger partial charge in [0.25, 0.3) is 0 Å². The molecule has 0 heteroatoms. The van der Waals surface area contributed by atoms with Gasteiger partial charge in [-0.15, -0.1) is 0 Å². The Kier molecular flexibility index (Phi) is 2.95. The second-order valence-corrected chi connectivity index (χ2v) is 8.54. The van der Waals surface area contributed by atoms with E-state index in [-0.39, 0.29) is 0 Å². The standard InChI is InChI=1S/C20H30/c1-13-4-7-16-15(12-13)6-8-18-17(16)10-11-20(3)14(2)5-9-19(18)20/h10,14-16,18-19H,1,4-9,11-12H2,2-3H3/t14-,15?,16?,18?,19?,20?/m1/s1. The van der Waals surface area contributed by atoms with E-state index in [1.54, 1.807) is 0 Å². The molecule has 5 unspecified atom stereocenters. The smallest absolute Gasteiger partial charge is 0.0166 e. The molecule has 3 saturated carbocycles. The van der Waals surface area contributed by atoms with E-state index in [0.29, 0.717) is 5.41 Å². The molecular weight excluding hydrogens is 240 g/mol. The number of hydrogen-bond donors (Lipinski definition) is 0. The maximum absolute atomic E-state index is 4.26. The minimum Gasteiger partial charge on any atom is -0.0999 e. The summed E-state index contributed by atoms with van der Waals surface area (Å²) in [5, 5.41) is 0. The summed E-state index contributed by atoms with van der Waals surface area (Å²) >= 11 is 0. The molecule has 0 aliphatic heterocycles. The average Bonchev–Trinajstić information content (AvgIpc) is 2.74. The molecule has 6 atom stereocenters. The lowest BCUT2D eigenvalue weighted by Gasteiger charge is -2.51. The molecule has 0 nitrogen and oxygen atoms in total. The van der Waals surface area contributed by atoms with E-state index >= 15 is 0 Å². The molecule has 4 rings (SSSR count). The highest BCUT2D eigenvalue weighted by molar-refractivity contribution is 5.26. The quantitative estimate of drug-likeness (QED) is 0.491. The summed E-state index contributed by atoms with van der Waals surface area (Å²) < 4.78 is 0. The second kappa shape index (κ2) is 4.49. The van der Waals surface area contributed by atoms with Gasteiger partial charge in [-0.2, -0.15) is 0 Å². The van der Waals surface area contributed by atoms with Gasteiger partial charge >= 0.3 is 0 Å². The van der Waals surface area contributed by atoms with Gasteiger partial charge in [-0.25, -0.2) is 0 Å². The van der Waals surface area contributed by atoms with Crippen LogP contribution in [0.2, 0.25) is 0 Å². The lowest BCUT2D eigenvalue weighted by Crippen LogP contribution is -2.42. The average molecular weight is 270 g/mol. The summed E-state index contributed by atoms with van der Waals surface area (Å²) in [5.74, 6) is 4.77. The minimum absolute atomic E-state index is 0.624. The number of fused-ring (bicyclic) bond motifs is 5. The fourth-order valence-electron chi connectivity index (χ4n) is 6.33. The van der Waals surface area contributed by atoms with E-state index in [1.807, 2.05) is 5.57 Å². The van der Waals surface area contributed by atoms with Crippen molar-refractivity contribution in [1.29, 1.82) is 0 Å². The Morgan fingerprint density at radius 1 is 1.10 bits per heavy atom. The SMILES string of the molecule is C=C1CCC2C3=CCC4(C)C(CC[C@H]4C)C3CCC2C1. The highest BCUT2D eigenvalue weighted by Crippen LogP contribution is 2.62. The molecule has 0 radical (unpaired) electrons. The van der Waals surface area contributed by atoms with Gasteiger partial charge in [0.2, 0.25) is 0 Å². The summed E-state index contributed by atoms with van der Waals surface area (Å²) in [6.07, 6.45) is 14.1. The fraction of sp³-hybridized carbons (Fsp3) is 0.800. The van der Waals surface area contributed by atoms with Crippen LogP contribution in [0.3, 0.4) is 0 Å². The van der Waals surface area contributed by atoms with Crippen LogP contribution in [0.5, 0.6) is 0 Å². The van der Waals surface area contributed by atoms with Crippen molar-refractivity contribution < 1.29 is 0 Å². The molecular formula is C20H30. The lowest BCUT2D eigenvalue weighted by molar-refractivity contribution is 0.0774. The van der Waals surface area contributed by atoms with E-state index < -0.39 is 0 Å². The summed E-state index contributed by atoms with van der Waals surface area (Å²) in [4.78, 5) is 0. The van der Waals surface area contributed by atoms with Gasteiger partial charge in [-0.3, -0.25) is 0 Å². The lowest BCUT2D eigenvalue weighted by atomic mass is 9.54. The van der Waals surface area contributed by atoms with Gasteiger partial charge in [-0.05, 0) is 86.4 Å². The first-order valence-electron chi connectivity index (χ1n) is 8.96. The first-order valence-corrected chi connectivity index (χ1v) is 8.96. The zero-order valence-corrected chi connectivity index (χ0v) is 13.3. The van der Waals surface area contributed by atoms with E-state index in [4.69, 9.17) is 0 Å². The number of hydrogen-bond acceptors (Lipinski definition) is 0. The Hall–Kier alpha value is -0.520. The molecule has 4 aliphatic carbocycles. The summed E-state index contributed by atoms with van der Waals surface area (Å²) in [7, 11) is 0. The van der Waals surface area contributed by atoms with E-state index in [0.717, 1.165) is 29.6 Å². The third-order valence-corrected chi connectivity index (χ3v) is 7.78. The maximum Gasteiger partial charge on any atom is -0.0166 e. The van der Waals surface area contributed by atoms with Gasteiger partial charge in [0.05, 0.1) is 0 Å². The molecule has 110 valence electrons. The molecule has 0 spiro atoms. The first kappa shape index (κ1) is 13.2. The van der Waals surface area contributed by atoms with Crippen LogP contribution in [0.4, 0.5) is 0 Å². The normalized spacial score (nSPS) is 51.0. The Balaban J connectivity index is 1.65. The molecule has 0 saturated heterocycles. The van der Waals surface area contributed by atoms with Crippen molar-refractivity contribution in [2.24, 2.45) is 35.0 Å². The van der Waals surface area contributed by atoms with Crippen molar-refractivity contribution in [2.45, 2.75) is 65.2 Å². The van der Waals surface area contributed by atoms with Crippen LogP contribution in [-0.2, 0) is 0 Å². The van der Waals surface area contributed by atoms with E-state index in [1.165, 1.54) is 56.9 Å². The first-order chi connectivity index (χ1) is 9.59. The van der Waals surface area contributed by atoms with Crippen LogP contribution in [0.25, 0.3) is 0 Å². The van der Waals surface area contributed by atoms with Crippen LogP contribution in [0, 0.1) is 35.0 Å². The zero-order chi connectivity index (χ0) is 13.9. The molecule has 0 aromatic heterocycles. The molecule has 0 aromatic carbocycles. The van der Waals surface area contributed by atoms with Crippen LogP contribution < -0.4 is 0 Å². The Morgan fingerprint density at radius 2 is 1.95 bits per heavy atom. The van der Waals surface area contributed by atoms with Crippen molar-refractivity contribution in [3.05, 3.63) is 23.8 Å². The predicted octanol–water partition coefficient (Wildman–Crippen LogP) is 5.75. The third-order valence-electron chi connectivity index (χ3n) is 7.78.